The Balaban J connectivity index is 1.21. The number of fused-ring (bicyclic) bond motifs is 1. The van der Waals surface area contributed by atoms with Gasteiger partial charge in [0.25, 0.3) is 5.91 Å². The highest BCUT2D eigenvalue weighted by Crippen LogP contribution is 2.37. The third kappa shape index (κ3) is 4.67. The average molecular weight is 518 g/mol. The number of aromatic nitrogens is 3. The van der Waals surface area contributed by atoms with Crippen LogP contribution in [0.1, 0.15) is 34.8 Å². The van der Waals surface area contributed by atoms with E-state index in [1.165, 1.54) is 12.1 Å². The maximum atomic E-state index is 14.5. The molecule has 0 bridgehead atoms. The molecule has 4 heterocycles. The number of hydrogen-bond donors (Lipinski definition) is 1. The van der Waals surface area contributed by atoms with Crippen molar-refractivity contribution in [3.05, 3.63) is 83.7 Å². The normalized spacial score (nSPS) is 18.3. The van der Waals surface area contributed by atoms with Crippen molar-refractivity contribution in [2.45, 2.75) is 18.9 Å². The molecular weight excluding hydrogens is 488 g/mol. The van der Waals surface area contributed by atoms with Gasteiger partial charge in [-0.2, -0.15) is 5.10 Å². The highest BCUT2D eigenvalue weighted by Gasteiger charge is 2.30. The van der Waals surface area contributed by atoms with E-state index in [2.05, 4.69) is 27.3 Å². The van der Waals surface area contributed by atoms with Gasteiger partial charge >= 0.3 is 0 Å². The zero-order chi connectivity index (χ0) is 26.2. The first-order chi connectivity index (χ1) is 18.5. The molecule has 1 amide bonds. The predicted octanol–water partition coefficient (Wildman–Crippen LogP) is 4.35. The maximum Gasteiger partial charge on any atom is 0.255 e. The molecular formula is C28H29F2N7O. The summed E-state index contributed by atoms with van der Waals surface area (Å²) < 4.78 is 30.0. The SMILES string of the molecule is CN1CCN(c2ccc(C(=O)Nc3cnn4ccc(N5CCC[C@@H]5c5cc(F)ccc5F)nc34)cc2)CC1. The van der Waals surface area contributed by atoms with Crippen LogP contribution in [0.25, 0.3) is 5.65 Å². The molecule has 0 saturated carbocycles. The van der Waals surface area contributed by atoms with Gasteiger partial charge < -0.3 is 20.0 Å². The Kier molecular flexibility index (Phi) is 6.40. The number of benzene rings is 2. The lowest BCUT2D eigenvalue weighted by Crippen LogP contribution is -2.44. The molecule has 8 nitrogen and oxygen atoms in total. The molecule has 0 radical (unpaired) electrons. The van der Waals surface area contributed by atoms with Crippen LogP contribution >= 0.6 is 0 Å². The first-order valence-corrected chi connectivity index (χ1v) is 12.9. The highest BCUT2D eigenvalue weighted by atomic mass is 19.1. The Morgan fingerprint density at radius 2 is 1.79 bits per heavy atom. The summed E-state index contributed by atoms with van der Waals surface area (Å²) in [6.45, 7) is 4.62. The van der Waals surface area contributed by atoms with Crippen LogP contribution in [0.15, 0.2) is 60.9 Å². The third-order valence-electron chi connectivity index (χ3n) is 7.46. The minimum atomic E-state index is -0.464. The number of piperazine rings is 1. The van der Waals surface area contributed by atoms with Gasteiger partial charge in [0.15, 0.2) is 5.65 Å². The van der Waals surface area contributed by atoms with Crippen molar-refractivity contribution in [1.82, 2.24) is 19.5 Å². The Hall–Kier alpha value is -4.05. The van der Waals surface area contributed by atoms with Crippen molar-refractivity contribution in [3.8, 4) is 0 Å². The number of nitrogens with one attached hydrogen (secondary N) is 1. The van der Waals surface area contributed by atoms with Gasteiger partial charge in [-0.1, -0.05) is 0 Å². The number of halogens is 2. The smallest absolute Gasteiger partial charge is 0.255 e. The molecule has 10 heteroatoms. The molecule has 2 aromatic heterocycles. The van der Waals surface area contributed by atoms with E-state index in [1.54, 1.807) is 23.0 Å². The minimum absolute atomic E-state index is 0.252. The second-order valence-electron chi connectivity index (χ2n) is 9.92. The van der Waals surface area contributed by atoms with Crippen LogP contribution in [0.4, 0.5) is 26.0 Å². The second-order valence-corrected chi connectivity index (χ2v) is 9.92. The molecule has 2 aromatic carbocycles. The molecule has 2 aliphatic heterocycles. The van der Waals surface area contributed by atoms with E-state index < -0.39 is 11.6 Å². The minimum Gasteiger partial charge on any atom is -0.369 e. The topological polar surface area (TPSA) is 69.0 Å². The zero-order valence-corrected chi connectivity index (χ0v) is 21.1. The van der Waals surface area contributed by atoms with E-state index in [0.717, 1.165) is 44.4 Å². The number of carbonyl (C=O) groups is 1. The van der Waals surface area contributed by atoms with Crippen molar-refractivity contribution in [2.24, 2.45) is 0 Å². The fourth-order valence-corrected chi connectivity index (χ4v) is 5.32. The van der Waals surface area contributed by atoms with Crippen molar-refractivity contribution in [1.29, 1.82) is 0 Å². The Morgan fingerprint density at radius 3 is 2.58 bits per heavy atom. The summed E-state index contributed by atoms with van der Waals surface area (Å²) in [6.07, 6.45) is 4.85. The summed E-state index contributed by atoms with van der Waals surface area (Å²) in [5.41, 5.74) is 2.93. The molecule has 1 N–H and O–H groups in total. The van der Waals surface area contributed by atoms with Crippen molar-refractivity contribution >= 4 is 28.7 Å². The molecule has 2 aliphatic rings. The molecule has 6 rings (SSSR count). The lowest BCUT2D eigenvalue weighted by molar-refractivity contribution is 0.102. The van der Waals surface area contributed by atoms with Crippen LogP contribution in [0.5, 0.6) is 0 Å². The highest BCUT2D eigenvalue weighted by molar-refractivity contribution is 6.06. The molecule has 0 spiro atoms. The molecule has 2 saturated heterocycles. The number of rotatable bonds is 5. The van der Waals surface area contributed by atoms with Gasteiger partial charge in [0.2, 0.25) is 0 Å². The molecule has 0 aliphatic carbocycles. The number of amides is 1. The summed E-state index contributed by atoms with van der Waals surface area (Å²) in [7, 11) is 2.12. The summed E-state index contributed by atoms with van der Waals surface area (Å²) in [6, 6.07) is 12.7. The van der Waals surface area contributed by atoms with Gasteiger partial charge in [-0.15, -0.1) is 0 Å². The number of anilines is 3. The predicted molar refractivity (Wildman–Crippen MR) is 143 cm³/mol. The van der Waals surface area contributed by atoms with Gasteiger partial charge in [0, 0.05) is 55.7 Å². The summed E-state index contributed by atoms with van der Waals surface area (Å²) in [4.78, 5) is 24.4. The zero-order valence-electron chi connectivity index (χ0n) is 21.1. The summed E-state index contributed by atoms with van der Waals surface area (Å²) in [5.74, 6) is -0.525. The van der Waals surface area contributed by atoms with Crippen molar-refractivity contribution in [2.75, 3.05) is 54.9 Å². The lowest BCUT2D eigenvalue weighted by atomic mass is 10.0. The van der Waals surface area contributed by atoms with Crippen molar-refractivity contribution in [3.63, 3.8) is 0 Å². The monoisotopic (exact) mass is 517 g/mol. The molecule has 196 valence electrons. The number of carbonyl (C=O) groups excluding carboxylic acids is 1. The Morgan fingerprint density at radius 1 is 1.00 bits per heavy atom. The fraction of sp³-hybridized carbons (Fsp3) is 0.321. The number of likely N-dealkylation sites (N-methyl/N-ethyl adjacent to an activating group) is 1. The Labute approximate surface area is 219 Å². The van der Waals surface area contributed by atoms with E-state index in [1.807, 2.05) is 29.2 Å². The molecule has 4 aromatic rings. The van der Waals surface area contributed by atoms with Gasteiger partial charge in [-0.3, -0.25) is 4.79 Å². The third-order valence-corrected chi connectivity index (χ3v) is 7.46. The number of nitrogens with zero attached hydrogens (tertiary/aromatic N) is 6. The van der Waals surface area contributed by atoms with Crippen LogP contribution in [-0.4, -0.2) is 65.2 Å². The standard InChI is InChI=1S/C28H29F2N7O/c1-34-13-15-35(16-14-34)21-7-4-19(5-8-21)28(38)32-24-18-31-37-12-10-26(33-27(24)37)36-11-2-3-25(36)22-17-20(29)6-9-23(22)30/h4-10,12,17-18,25H,2-3,11,13-16H2,1H3,(H,32,38)/t25-/m1/s1. The van der Waals surface area contributed by atoms with Gasteiger partial charge in [0.05, 0.1) is 12.2 Å². The van der Waals surface area contributed by atoms with E-state index in [0.29, 0.717) is 41.2 Å². The maximum absolute atomic E-state index is 14.5. The van der Waals surface area contributed by atoms with E-state index in [-0.39, 0.29) is 11.9 Å². The average Bonchev–Trinajstić information content (AvgIpc) is 3.58. The molecule has 0 unspecified atom stereocenters. The van der Waals surface area contributed by atoms with Gasteiger partial charge in [-0.25, -0.2) is 18.3 Å². The molecule has 38 heavy (non-hydrogen) atoms. The van der Waals surface area contributed by atoms with Crippen LogP contribution < -0.4 is 15.1 Å². The van der Waals surface area contributed by atoms with Gasteiger partial charge in [0.1, 0.15) is 23.1 Å². The fourth-order valence-electron chi connectivity index (χ4n) is 5.32. The number of hydrogen-bond acceptors (Lipinski definition) is 6. The quantitative estimate of drug-likeness (QED) is 0.425. The first-order valence-electron chi connectivity index (χ1n) is 12.9. The van der Waals surface area contributed by atoms with Crippen molar-refractivity contribution < 1.29 is 13.6 Å². The lowest BCUT2D eigenvalue weighted by Gasteiger charge is -2.34. The van der Waals surface area contributed by atoms with E-state index in [4.69, 9.17) is 4.98 Å². The van der Waals surface area contributed by atoms with Crippen LogP contribution in [0.3, 0.4) is 0 Å². The van der Waals surface area contributed by atoms with E-state index in [9.17, 15) is 13.6 Å². The van der Waals surface area contributed by atoms with Crippen LogP contribution in [-0.2, 0) is 0 Å². The summed E-state index contributed by atoms with van der Waals surface area (Å²) >= 11 is 0. The molecule has 2 fully saturated rings. The second kappa shape index (κ2) is 10.0. The van der Waals surface area contributed by atoms with Crippen LogP contribution in [0.2, 0.25) is 0 Å². The largest absolute Gasteiger partial charge is 0.369 e. The Bertz CT molecular complexity index is 1460. The summed E-state index contributed by atoms with van der Waals surface area (Å²) in [5, 5.41) is 7.25. The first kappa shape index (κ1) is 24.3. The molecule has 1 atom stereocenters. The van der Waals surface area contributed by atoms with E-state index >= 15 is 0 Å². The van der Waals surface area contributed by atoms with Crippen LogP contribution in [0, 0.1) is 11.6 Å². The van der Waals surface area contributed by atoms with Gasteiger partial charge in [-0.05, 0) is 68.4 Å².